The summed E-state index contributed by atoms with van der Waals surface area (Å²) in [5.41, 5.74) is -0.285. The molecule has 1 rings (SSSR count). The van der Waals surface area contributed by atoms with Crippen LogP contribution in [0.15, 0.2) is 0 Å². The van der Waals surface area contributed by atoms with E-state index in [2.05, 4.69) is 5.32 Å². The molecular weight excluding hydrogens is 246 g/mol. The number of carboxylic acid groups (broad SMARTS) is 1. The van der Waals surface area contributed by atoms with E-state index < -0.39 is 17.8 Å². The van der Waals surface area contributed by atoms with Gasteiger partial charge in [0.1, 0.15) is 0 Å². The predicted octanol–water partition coefficient (Wildman–Crippen LogP) is 1.40. The third kappa shape index (κ3) is 3.69. The normalized spacial score (nSPS) is 23.3. The molecule has 19 heavy (non-hydrogen) atoms. The first-order valence-corrected chi connectivity index (χ1v) is 7.11. The van der Waals surface area contributed by atoms with Crippen LogP contribution in [0.2, 0.25) is 0 Å². The molecule has 0 radical (unpaired) electrons. The average molecular weight is 271 g/mol. The summed E-state index contributed by atoms with van der Waals surface area (Å²) in [6.45, 7) is 4.43. The smallest absolute Gasteiger partial charge is 0.307 e. The Balaban J connectivity index is 2.57. The molecule has 5 nitrogen and oxygen atoms in total. The molecule has 0 aromatic heterocycles. The van der Waals surface area contributed by atoms with Gasteiger partial charge in [-0.2, -0.15) is 0 Å². The van der Waals surface area contributed by atoms with Gasteiger partial charge in [-0.05, 0) is 25.7 Å². The molecule has 0 bridgehead atoms. The predicted molar refractivity (Wildman–Crippen MR) is 71.6 cm³/mol. The van der Waals surface area contributed by atoms with Gasteiger partial charge in [-0.3, -0.25) is 9.59 Å². The number of carbonyl (C=O) groups is 2. The van der Waals surface area contributed by atoms with Gasteiger partial charge >= 0.3 is 5.97 Å². The van der Waals surface area contributed by atoms with Crippen LogP contribution in [0.3, 0.4) is 0 Å². The lowest BCUT2D eigenvalue weighted by Crippen LogP contribution is -2.43. The second kappa shape index (κ2) is 6.89. The fraction of sp³-hybridized carbons (Fsp3) is 0.857. The number of carboxylic acids is 1. The number of rotatable bonds is 7. The van der Waals surface area contributed by atoms with E-state index in [0.29, 0.717) is 19.4 Å². The van der Waals surface area contributed by atoms with Crippen LogP contribution in [-0.2, 0) is 9.59 Å². The van der Waals surface area contributed by atoms with E-state index >= 15 is 0 Å². The summed E-state index contributed by atoms with van der Waals surface area (Å²) in [5, 5.41) is 21.4. The molecule has 0 spiro atoms. The molecule has 1 aliphatic rings. The van der Waals surface area contributed by atoms with Gasteiger partial charge < -0.3 is 15.5 Å². The van der Waals surface area contributed by atoms with Gasteiger partial charge in [-0.25, -0.2) is 0 Å². The summed E-state index contributed by atoms with van der Waals surface area (Å²) in [5.74, 6) is -2.02. The molecule has 1 amide bonds. The second-order valence-electron chi connectivity index (χ2n) is 5.57. The van der Waals surface area contributed by atoms with Crippen LogP contribution in [0, 0.1) is 17.3 Å². The van der Waals surface area contributed by atoms with Gasteiger partial charge in [0, 0.05) is 12.0 Å². The molecule has 0 aliphatic heterocycles. The van der Waals surface area contributed by atoms with E-state index in [1.54, 1.807) is 0 Å². The highest BCUT2D eigenvalue weighted by atomic mass is 16.4. The lowest BCUT2D eigenvalue weighted by atomic mass is 9.83. The zero-order valence-corrected chi connectivity index (χ0v) is 11.8. The summed E-state index contributed by atoms with van der Waals surface area (Å²) < 4.78 is 0. The minimum atomic E-state index is -0.878. The summed E-state index contributed by atoms with van der Waals surface area (Å²) in [6, 6.07) is 0. The van der Waals surface area contributed by atoms with Crippen molar-refractivity contribution in [2.75, 3.05) is 13.2 Å². The van der Waals surface area contributed by atoms with Crippen LogP contribution in [0.1, 0.15) is 46.0 Å². The summed E-state index contributed by atoms with van der Waals surface area (Å²) in [6.07, 6.45) is 3.59. The highest BCUT2D eigenvalue weighted by Gasteiger charge is 2.38. The van der Waals surface area contributed by atoms with E-state index in [-0.39, 0.29) is 17.9 Å². The molecule has 0 heterocycles. The van der Waals surface area contributed by atoms with Crippen molar-refractivity contribution in [2.45, 2.75) is 46.0 Å². The SMILES string of the molecule is CCC(CC)(CO)CNC(=O)C1CCCC1C(=O)O. The van der Waals surface area contributed by atoms with Crippen molar-refractivity contribution in [1.82, 2.24) is 5.32 Å². The minimum absolute atomic E-state index is 0.0350. The minimum Gasteiger partial charge on any atom is -0.481 e. The first-order valence-electron chi connectivity index (χ1n) is 7.11. The Morgan fingerprint density at radius 1 is 1.21 bits per heavy atom. The number of aliphatic hydroxyl groups excluding tert-OH is 1. The Labute approximate surface area is 114 Å². The zero-order valence-electron chi connectivity index (χ0n) is 11.8. The second-order valence-corrected chi connectivity index (χ2v) is 5.57. The molecule has 110 valence electrons. The maximum atomic E-state index is 12.1. The summed E-state index contributed by atoms with van der Waals surface area (Å²) >= 11 is 0. The Hall–Kier alpha value is -1.10. The first kappa shape index (κ1) is 16.0. The number of aliphatic carboxylic acids is 1. The fourth-order valence-electron chi connectivity index (χ4n) is 2.75. The van der Waals surface area contributed by atoms with Gasteiger partial charge in [0.15, 0.2) is 0 Å². The topological polar surface area (TPSA) is 86.6 Å². The van der Waals surface area contributed by atoms with E-state index in [1.165, 1.54) is 0 Å². The molecule has 0 saturated heterocycles. The van der Waals surface area contributed by atoms with Crippen molar-refractivity contribution in [3.05, 3.63) is 0 Å². The number of nitrogens with one attached hydrogen (secondary N) is 1. The van der Waals surface area contributed by atoms with Gasteiger partial charge in [-0.1, -0.05) is 20.3 Å². The average Bonchev–Trinajstić information content (AvgIpc) is 2.90. The third-order valence-corrected chi connectivity index (χ3v) is 4.64. The van der Waals surface area contributed by atoms with Gasteiger partial charge in [0.25, 0.3) is 0 Å². The number of hydrogen-bond donors (Lipinski definition) is 3. The number of aliphatic hydroxyl groups is 1. The quantitative estimate of drug-likeness (QED) is 0.653. The van der Waals surface area contributed by atoms with E-state index in [4.69, 9.17) is 5.11 Å². The van der Waals surface area contributed by atoms with Gasteiger partial charge in [0.2, 0.25) is 5.91 Å². The highest BCUT2D eigenvalue weighted by Crippen LogP contribution is 2.32. The van der Waals surface area contributed by atoms with Crippen molar-refractivity contribution < 1.29 is 19.8 Å². The fourth-order valence-corrected chi connectivity index (χ4v) is 2.75. The highest BCUT2D eigenvalue weighted by molar-refractivity contribution is 5.85. The van der Waals surface area contributed by atoms with Crippen LogP contribution >= 0.6 is 0 Å². The Morgan fingerprint density at radius 2 is 1.79 bits per heavy atom. The van der Waals surface area contributed by atoms with Crippen molar-refractivity contribution in [2.24, 2.45) is 17.3 Å². The van der Waals surface area contributed by atoms with Crippen LogP contribution in [-0.4, -0.2) is 35.2 Å². The Kier molecular flexibility index (Phi) is 5.79. The van der Waals surface area contributed by atoms with Crippen molar-refractivity contribution in [3.63, 3.8) is 0 Å². The Morgan fingerprint density at radius 3 is 2.26 bits per heavy atom. The van der Waals surface area contributed by atoms with Crippen LogP contribution in [0.5, 0.6) is 0 Å². The van der Waals surface area contributed by atoms with Gasteiger partial charge in [-0.15, -0.1) is 0 Å². The standard InChI is InChI=1S/C14H25NO4/c1-3-14(4-2,9-16)8-15-12(17)10-6-5-7-11(10)13(18)19/h10-11,16H,3-9H2,1-2H3,(H,15,17)(H,18,19). The molecule has 1 aliphatic carbocycles. The molecular formula is C14H25NO4. The van der Waals surface area contributed by atoms with Crippen LogP contribution < -0.4 is 5.32 Å². The molecule has 0 aromatic rings. The van der Waals surface area contributed by atoms with Crippen LogP contribution in [0.4, 0.5) is 0 Å². The number of hydrogen-bond acceptors (Lipinski definition) is 3. The molecule has 3 N–H and O–H groups in total. The lowest BCUT2D eigenvalue weighted by molar-refractivity contribution is -0.146. The molecule has 5 heteroatoms. The summed E-state index contributed by atoms with van der Waals surface area (Å²) in [7, 11) is 0. The van der Waals surface area contributed by atoms with E-state index in [9.17, 15) is 14.7 Å². The first-order chi connectivity index (χ1) is 8.99. The molecule has 0 aromatic carbocycles. The van der Waals surface area contributed by atoms with Gasteiger partial charge in [0.05, 0.1) is 18.4 Å². The number of carbonyl (C=O) groups excluding carboxylic acids is 1. The lowest BCUT2D eigenvalue weighted by Gasteiger charge is -2.30. The summed E-state index contributed by atoms with van der Waals surface area (Å²) in [4.78, 5) is 23.2. The van der Waals surface area contributed by atoms with Crippen LogP contribution in [0.25, 0.3) is 0 Å². The molecule has 1 fully saturated rings. The maximum absolute atomic E-state index is 12.1. The zero-order chi connectivity index (χ0) is 14.5. The molecule has 2 atom stereocenters. The number of amides is 1. The van der Waals surface area contributed by atoms with Crippen molar-refractivity contribution >= 4 is 11.9 Å². The monoisotopic (exact) mass is 271 g/mol. The molecule has 1 saturated carbocycles. The molecule has 2 unspecified atom stereocenters. The van der Waals surface area contributed by atoms with Crippen molar-refractivity contribution in [3.8, 4) is 0 Å². The maximum Gasteiger partial charge on any atom is 0.307 e. The van der Waals surface area contributed by atoms with E-state index in [0.717, 1.165) is 19.3 Å². The third-order valence-electron chi connectivity index (χ3n) is 4.64. The Bertz CT molecular complexity index is 317. The van der Waals surface area contributed by atoms with E-state index in [1.807, 2.05) is 13.8 Å². The largest absolute Gasteiger partial charge is 0.481 e. The van der Waals surface area contributed by atoms with Crippen molar-refractivity contribution in [1.29, 1.82) is 0 Å².